The Morgan fingerprint density at radius 3 is 2.76 bits per heavy atom. The zero-order valence-corrected chi connectivity index (χ0v) is 11.8. The Hall–Kier alpha value is -2.82. The summed E-state index contributed by atoms with van der Waals surface area (Å²) in [7, 11) is 0. The van der Waals surface area contributed by atoms with Gasteiger partial charge in [-0.25, -0.2) is 4.98 Å². The summed E-state index contributed by atoms with van der Waals surface area (Å²) in [5, 5.41) is 10.5. The van der Waals surface area contributed by atoms with Crippen molar-refractivity contribution in [1.29, 1.82) is 0 Å². The van der Waals surface area contributed by atoms with E-state index in [2.05, 4.69) is 9.97 Å². The van der Waals surface area contributed by atoms with Gasteiger partial charge in [0.05, 0.1) is 11.7 Å². The van der Waals surface area contributed by atoms with E-state index >= 15 is 0 Å². The van der Waals surface area contributed by atoms with E-state index in [9.17, 15) is 9.90 Å². The monoisotopic (exact) mass is 281 g/mol. The SMILES string of the molecule is Cc1ccc(-c2cc(O)c3nc[nH]c(=O)c3c2)c(C)c1N. The van der Waals surface area contributed by atoms with Gasteiger partial charge in [-0.1, -0.05) is 12.1 Å². The lowest BCUT2D eigenvalue weighted by Gasteiger charge is -2.12. The first kappa shape index (κ1) is 13.2. The van der Waals surface area contributed by atoms with E-state index in [-0.39, 0.29) is 11.3 Å². The Kier molecular flexibility index (Phi) is 2.90. The Bertz CT molecular complexity index is 913. The van der Waals surface area contributed by atoms with Gasteiger partial charge >= 0.3 is 0 Å². The number of phenolic OH excluding ortho intramolecular Hbond substituents is 1. The Balaban J connectivity index is 2.34. The predicted molar refractivity (Wildman–Crippen MR) is 83.4 cm³/mol. The van der Waals surface area contributed by atoms with Crippen molar-refractivity contribution in [3.63, 3.8) is 0 Å². The smallest absolute Gasteiger partial charge is 0.258 e. The first-order valence-corrected chi connectivity index (χ1v) is 6.55. The standard InChI is InChI=1S/C16H15N3O2/c1-8-3-4-11(9(2)14(8)17)10-5-12-15(13(20)6-10)18-7-19-16(12)21/h3-7,20H,17H2,1-2H3,(H,18,19,21). The van der Waals surface area contributed by atoms with Crippen molar-refractivity contribution >= 4 is 16.6 Å². The molecule has 3 aromatic rings. The van der Waals surface area contributed by atoms with Crippen LogP contribution in [-0.2, 0) is 0 Å². The van der Waals surface area contributed by atoms with Crippen LogP contribution < -0.4 is 11.3 Å². The van der Waals surface area contributed by atoms with E-state index in [0.29, 0.717) is 16.6 Å². The number of nitrogens with zero attached hydrogens (tertiary/aromatic N) is 1. The molecule has 0 aliphatic carbocycles. The lowest BCUT2D eigenvalue weighted by Crippen LogP contribution is -2.06. The summed E-state index contributed by atoms with van der Waals surface area (Å²) in [6.07, 6.45) is 1.28. The van der Waals surface area contributed by atoms with Crippen LogP contribution >= 0.6 is 0 Å². The van der Waals surface area contributed by atoms with Crippen LogP contribution in [0.25, 0.3) is 22.0 Å². The first-order chi connectivity index (χ1) is 9.99. The molecule has 0 aliphatic rings. The molecule has 0 radical (unpaired) electrons. The fraction of sp³-hybridized carbons (Fsp3) is 0.125. The van der Waals surface area contributed by atoms with Crippen molar-refractivity contribution in [1.82, 2.24) is 9.97 Å². The van der Waals surface area contributed by atoms with E-state index in [0.717, 1.165) is 22.3 Å². The Morgan fingerprint density at radius 1 is 1.24 bits per heavy atom. The average molecular weight is 281 g/mol. The molecule has 1 aromatic heterocycles. The van der Waals surface area contributed by atoms with Crippen LogP contribution in [0.1, 0.15) is 11.1 Å². The Morgan fingerprint density at radius 2 is 2.00 bits per heavy atom. The summed E-state index contributed by atoms with van der Waals surface area (Å²) in [5.41, 5.74) is 10.3. The van der Waals surface area contributed by atoms with Gasteiger partial charge in [0.2, 0.25) is 0 Å². The van der Waals surface area contributed by atoms with Gasteiger partial charge < -0.3 is 15.8 Å². The number of nitrogens with two attached hydrogens (primary N) is 1. The van der Waals surface area contributed by atoms with E-state index in [1.54, 1.807) is 12.1 Å². The molecule has 1 heterocycles. The van der Waals surface area contributed by atoms with Gasteiger partial charge in [-0.2, -0.15) is 0 Å². The molecule has 5 nitrogen and oxygen atoms in total. The van der Waals surface area contributed by atoms with E-state index in [1.807, 2.05) is 26.0 Å². The van der Waals surface area contributed by atoms with Gasteiger partial charge in [0, 0.05) is 5.69 Å². The number of H-pyrrole nitrogens is 1. The van der Waals surface area contributed by atoms with Crippen molar-refractivity contribution in [2.24, 2.45) is 0 Å². The maximum Gasteiger partial charge on any atom is 0.258 e. The van der Waals surface area contributed by atoms with Crippen LogP contribution in [0.5, 0.6) is 5.75 Å². The number of hydrogen-bond donors (Lipinski definition) is 3. The number of hydrogen-bond acceptors (Lipinski definition) is 4. The molecule has 21 heavy (non-hydrogen) atoms. The van der Waals surface area contributed by atoms with Gasteiger partial charge in [0.15, 0.2) is 0 Å². The van der Waals surface area contributed by atoms with Crippen molar-refractivity contribution < 1.29 is 5.11 Å². The van der Waals surface area contributed by atoms with Crippen LogP contribution in [0, 0.1) is 13.8 Å². The number of rotatable bonds is 1. The maximum absolute atomic E-state index is 11.9. The van der Waals surface area contributed by atoms with E-state index in [1.165, 1.54) is 6.33 Å². The summed E-state index contributed by atoms with van der Waals surface area (Å²) < 4.78 is 0. The highest BCUT2D eigenvalue weighted by Gasteiger charge is 2.12. The number of aryl methyl sites for hydroxylation is 1. The number of aromatic nitrogens is 2. The number of phenols is 1. The van der Waals surface area contributed by atoms with Crippen LogP contribution in [0.3, 0.4) is 0 Å². The van der Waals surface area contributed by atoms with Gasteiger partial charge in [0.25, 0.3) is 5.56 Å². The molecule has 5 heteroatoms. The second kappa shape index (κ2) is 4.63. The molecule has 0 spiro atoms. The van der Waals surface area contributed by atoms with Crippen LogP contribution in [0.4, 0.5) is 5.69 Å². The average Bonchev–Trinajstić information content (AvgIpc) is 2.46. The molecule has 0 amide bonds. The maximum atomic E-state index is 11.9. The number of fused-ring (bicyclic) bond motifs is 1. The quantitative estimate of drug-likeness (QED) is 0.597. The van der Waals surface area contributed by atoms with Crippen LogP contribution in [-0.4, -0.2) is 15.1 Å². The minimum absolute atomic E-state index is 0.0212. The number of aromatic hydroxyl groups is 1. The normalized spacial score (nSPS) is 11.0. The summed E-state index contributed by atoms with van der Waals surface area (Å²) in [6, 6.07) is 7.18. The summed E-state index contributed by atoms with van der Waals surface area (Å²) in [4.78, 5) is 18.4. The molecule has 0 aliphatic heterocycles. The molecule has 0 unspecified atom stereocenters. The zero-order valence-electron chi connectivity index (χ0n) is 11.8. The lowest BCUT2D eigenvalue weighted by molar-refractivity contribution is 0.480. The van der Waals surface area contributed by atoms with Gasteiger partial charge in [-0.05, 0) is 48.2 Å². The molecule has 0 fully saturated rings. The molecular formula is C16H15N3O2. The second-order valence-corrected chi connectivity index (χ2v) is 5.09. The highest BCUT2D eigenvalue weighted by Crippen LogP contribution is 2.33. The molecular weight excluding hydrogens is 266 g/mol. The summed E-state index contributed by atoms with van der Waals surface area (Å²) >= 11 is 0. The summed E-state index contributed by atoms with van der Waals surface area (Å²) in [5.74, 6) is -0.0212. The third kappa shape index (κ3) is 2.03. The highest BCUT2D eigenvalue weighted by atomic mass is 16.3. The molecule has 0 atom stereocenters. The molecule has 0 bridgehead atoms. The van der Waals surface area contributed by atoms with E-state index < -0.39 is 0 Å². The fourth-order valence-electron chi connectivity index (χ4n) is 2.49. The number of nitrogen functional groups attached to an aromatic ring is 1. The van der Waals surface area contributed by atoms with Crippen molar-refractivity contribution in [2.75, 3.05) is 5.73 Å². The number of benzene rings is 2. The van der Waals surface area contributed by atoms with Crippen molar-refractivity contribution in [3.8, 4) is 16.9 Å². The molecule has 4 N–H and O–H groups in total. The third-order valence-electron chi connectivity index (χ3n) is 3.77. The molecule has 106 valence electrons. The first-order valence-electron chi connectivity index (χ1n) is 6.55. The van der Waals surface area contributed by atoms with Gasteiger partial charge in [0.1, 0.15) is 11.3 Å². The van der Waals surface area contributed by atoms with E-state index in [4.69, 9.17) is 5.73 Å². The zero-order chi connectivity index (χ0) is 15.1. The Labute approximate surface area is 121 Å². The molecule has 3 rings (SSSR count). The summed E-state index contributed by atoms with van der Waals surface area (Å²) in [6.45, 7) is 3.87. The van der Waals surface area contributed by atoms with Gasteiger partial charge in [-0.3, -0.25) is 4.79 Å². The fourth-order valence-corrected chi connectivity index (χ4v) is 2.49. The van der Waals surface area contributed by atoms with Crippen molar-refractivity contribution in [3.05, 3.63) is 52.1 Å². The van der Waals surface area contributed by atoms with Crippen LogP contribution in [0.15, 0.2) is 35.4 Å². The lowest BCUT2D eigenvalue weighted by atomic mass is 9.96. The largest absolute Gasteiger partial charge is 0.506 e. The molecule has 2 aromatic carbocycles. The minimum atomic E-state index is -0.283. The number of nitrogens with one attached hydrogen (secondary N) is 1. The van der Waals surface area contributed by atoms with Gasteiger partial charge in [-0.15, -0.1) is 0 Å². The highest BCUT2D eigenvalue weighted by molar-refractivity contribution is 5.90. The molecule has 0 saturated carbocycles. The predicted octanol–water partition coefficient (Wildman–Crippen LogP) is 2.49. The number of anilines is 1. The van der Waals surface area contributed by atoms with Crippen LogP contribution in [0.2, 0.25) is 0 Å². The third-order valence-corrected chi connectivity index (χ3v) is 3.77. The van der Waals surface area contributed by atoms with Crippen molar-refractivity contribution in [2.45, 2.75) is 13.8 Å². The number of aromatic amines is 1. The topological polar surface area (TPSA) is 92.0 Å². The molecule has 0 saturated heterocycles. The minimum Gasteiger partial charge on any atom is -0.506 e. The second-order valence-electron chi connectivity index (χ2n) is 5.09.